The number of ether oxygens (including phenoxy) is 1. The van der Waals surface area contributed by atoms with Crippen molar-refractivity contribution in [2.75, 3.05) is 7.11 Å². The van der Waals surface area contributed by atoms with Crippen molar-refractivity contribution < 1.29 is 18.7 Å². The van der Waals surface area contributed by atoms with E-state index < -0.39 is 23.5 Å². The summed E-state index contributed by atoms with van der Waals surface area (Å²) in [5.41, 5.74) is -0.168. The van der Waals surface area contributed by atoms with E-state index >= 15 is 0 Å². The van der Waals surface area contributed by atoms with Crippen molar-refractivity contribution in [3.05, 3.63) is 34.6 Å². The lowest BCUT2D eigenvalue weighted by atomic mass is 9.92. The van der Waals surface area contributed by atoms with Crippen LogP contribution in [0.15, 0.2) is 18.2 Å². The van der Waals surface area contributed by atoms with Gasteiger partial charge in [0, 0.05) is 5.02 Å². The molecule has 0 aliphatic rings. The third-order valence-electron chi connectivity index (χ3n) is 2.84. The fourth-order valence-corrected chi connectivity index (χ4v) is 1.95. The number of hydrogen-bond acceptors (Lipinski definition) is 3. The average molecular weight is 287 g/mol. The topological polar surface area (TPSA) is 43.4 Å². The molecule has 1 aromatic rings. The van der Waals surface area contributed by atoms with Crippen LogP contribution in [-0.2, 0) is 9.53 Å². The van der Waals surface area contributed by atoms with Crippen molar-refractivity contribution in [3.8, 4) is 0 Å². The fraction of sp³-hybridized carbons (Fsp3) is 0.429. The highest BCUT2D eigenvalue weighted by Gasteiger charge is 2.29. The molecule has 104 valence electrons. The normalized spacial score (nSPS) is 12.0. The van der Waals surface area contributed by atoms with E-state index in [0.29, 0.717) is 12.8 Å². The van der Waals surface area contributed by atoms with Gasteiger partial charge < -0.3 is 4.74 Å². The van der Waals surface area contributed by atoms with E-state index in [-0.39, 0.29) is 10.6 Å². The number of halogens is 2. The van der Waals surface area contributed by atoms with Gasteiger partial charge in [0.1, 0.15) is 11.7 Å². The van der Waals surface area contributed by atoms with Gasteiger partial charge in [-0.05, 0) is 24.6 Å². The number of Topliss-reactive ketones (excluding diaryl/α,β-unsaturated/α-hetero) is 1. The largest absolute Gasteiger partial charge is 0.468 e. The molecule has 1 unspecified atom stereocenters. The molecule has 0 aliphatic carbocycles. The van der Waals surface area contributed by atoms with Crippen molar-refractivity contribution in [2.24, 2.45) is 5.92 Å². The lowest BCUT2D eigenvalue weighted by Crippen LogP contribution is -2.26. The highest BCUT2D eigenvalue weighted by molar-refractivity contribution is 6.31. The molecule has 0 aliphatic heterocycles. The molecule has 1 aromatic carbocycles. The average Bonchev–Trinajstić information content (AvgIpc) is 2.41. The molecule has 1 atom stereocenters. The number of ketones is 1. The van der Waals surface area contributed by atoms with Crippen LogP contribution in [0, 0.1) is 11.7 Å². The Labute approximate surface area is 116 Å². The van der Waals surface area contributed by atoms with Gasteiger partial charge in [-0.3, -0.25) is 9.59 Å². The highest BCUT2D eigenvalue weighted by atomic mass is 35.5. The number of rotatable bonds is 6. The second kappa shape index (κ2) is 7.24. The number of benzene rings is 1. The summed E-state index contributed by atoms with van der Waals surface area (Å²) < 4.78 is 18.2. The van der Waals surface area contributed by atoms with Crippen LogP contribution in [0.4, 0.5) is 4.39 Å². The van der Waals surface area contributed by atoms with Gasteiger partial charge in [-0.1, -0.05) is 31.4 Å². The van der Waals surface area contributed by atoms with Crippen LogP contribution < -0.4 is 0 Å². The summed E-state index contributed by atoms with van der Waals surface area (Å²) in [5.74, 6) is -2.88. The summed E-state index contributed by atoms with van der Waals surface area (Å²) in [4.78, 5) is 23.9. The van der Waals surface area contributed by atoms with Crippen molar-refractivity contribution in [3.63, 3.8) is 0 Å². The number of esters is 1. The van der Waals surface area contributed by atoms with E-state index in [4.69, 9.17) is 11.6 Å². The van der Waals surface area contributed by atoms with E-state index in [1.807, 2.05) is 6.92 Å². The minimum atomic E-state index is -0.974. The molecule has 5 heteroatoms. The predicted octanol–water partition coefficient (Wildman–Crippen LogP) is 3.64. The number of carbonyl (C=O) groups is 2. The van der Waals surface area contributed by atoms with Gasteiger partial charge in [-0.2, -0.15) is 0 Å². The fourth-order valence-electron chi connectivity index (χ4n) is 1.78. The van der Waals surface area contributed by atoms with Crippen LogP contribution in [0.2, 0.25) is 5.02 Å². The second-order valence-electron chi connectivity index (χ2n) is 4.21. The molecule has 0 N–H and O–H groups in total. The molecule has 0 saturated heterocycles. The smallest absolute Gasteiger partial charge is 0.316 e. The lowest BCUT2D eigenvalue weighted by molar-refractivity contribution is -0.143. The van der Waals surface area contributed by atoms with E-state index in [9.17, 15) is 14.0 Å². The Balaban J connectivity index is 3.04. The number of methoxy groups -OCH3 is 1. The zero-order valence-corrected chi connectivity index (χ0v) is 11.7. The molecule has 0 bridgehead atoms. The Hall–Kier alpha value is -1.42. The minimum absolute atomic E-state index is 0.168. The first-order valence-electron chi connectivity index (χ1n) is 6.08. The highest BCUT2D eigenvalue weighted by Crippen LogP contribution is 2.22. The zero-order valence-electron chi connectivity index (χ0n) is 10.9. The molecule has 0 amide bonds. The van der Waals surface area contributed by atoms with Crippen LogP contribution in [0.5, 0.6) is 0 Å². The summed E-state index contributed by atoms with van der Waals surface area (Å²) in [6.45, 7) is 1.94. The molecule has 3 nitrogen and oxygen atoms in total. The number of hydrogen-bond donors (Lipinski definition) is 0. The van der Waals surface area contributed by atoms with Crippen LogP contribution in [0.25, 0.3) is 0 Å². The van der Waals surface area contributed by atoms with Crippen molar-refractivity contribution >= 4 is 23.4 Å². The number of carbonyl (C=O) groups excluding carboxylic acids is 2. The standard InChI is InChI=1S/C14H16ClFO3/c1-3-4-5-10(14(18)19-2)13(17)11-8-9(15)6-7-12(11)16/h6-8,10H,3-5H2,1-2H3. The third kappa shape index (κ3) is 4.03. The van der Waals surface area contributed by atoms with E-state index in [0.717, 1.165) is 12.5 Å². The summed E-state index contributed by atoms with van der Waals surface area (Å²) in [7, 11) is 1.21. The Kier molecular flexibility index (Phi) is 5.96. The maximum Gasteiger partial charge on any atom is 0.316 e. The first-order valence-corrected chi connectivity index (χ1v) is 6.46. The van der Waals surface area contributed by atoms with Gasteiger partial charge in [0.15, 0.2) is 5.78 Å². The van der Waals surface area contributed by atoms with Gasteiger partial charge in [-0.15, -0.1) is 0 Å². The molecular weight excluding hydrogens is 271 g/mol. The maximum absolute atomic E-state index is 13.6. The molecule has 1 rings (SSSR count). The summed E-state index contributed by atoms with van der Waals surface area (Å²) in [5, 5.41) is 0.254. The molecule has 0 heterocycles. The summed E-state index contributed by atoms with van der Waals surface area (Å²) in [6.07, 6.45) is 1.86. The first kappa shape index (κ1) is 15.6. The minimum Gasteiger partial charge on any atom is -0.468 e. The van der Waals surface area contributed by atoms with Gasteiger partial charge in [0.25, 0.3) is 0 Å². The van der Waals surface area contributed by atoms with E-state index in [1.165, 1.54) is 19.2 Å². The predicted molar refractivity (Wildman–Crippen MR) is 70.8 cm³/mol. The Morgan fingerprint density at radius 3 is 2.68 bits per heavy atom. The van der Waals surface area contributed by atoms with Crippen LogP contribution >= 0.6 is 11.6 Å². The van der Waals surface area contributed by atoms with Crippen LogP contribution in [-0.4, -0.2) is 18.9 Å². The van der Waals surface area contributed by atoms with E-state index in [1.54, 1.807) is 0 Å². The van der Waals surface area contributed by atoms with Gasteiger partial charge in [-0.25, -0.2) is 4.39 Å². The third-order valence-corrected chi connectivity index (χ3v) is 3.08. The summed E-state index contributed by atoms with van der Waals surface area (Å²) in [6, 6.07) is 3.71. The monoisotopic (exact) mass is 286 g/mol. The van der Waals surface area contributed by atoms with Crippen LogP contribution in [0.1, 0.15) is 36.5 Å². The molecule has 19 heavy (non-hydrogen) atoms. The van der Waals surface area contributed by atoms with Gasteiger partial charge >= 0.3 is 5.97 Å². The summed E-state index contributed by atoms with van der Waals surface area (Å²) >= 11 is 5.75. The first-order chi connectivity index (χ1) is 9.01. The molecule has 0 fully saturated rings. The van der Waals surface area contributed by atoms with Crippen molar-refractivity contribution in [2.45, 2.75) is 26.2 Å². The lowest BCUT2D eigenvalue weighted by Gasteiger charge is -2.13. The molecule has 0 saturated carbocycles. The Morgan fingerprint density at radius 2 is 2.11 bits per heavy atom. The van der Waals surface area contributed by atoms with E-state index in [2.05, 4.69) is 4.74 Å². The maximum atomic E-state index is 13.6. The Bertz CT molecular complexity index is 474. The van der Waals surface area contributed by atoms with Crippen molar-refractivity contribution in [1.29, 1.82) is 0 Å². The molecule has 0 aromatic heterocycles. The zero-order chi connectivity index (χ0) is 14.4. The van der Waals surface area contributed by atoms with Gasteiger partial charge in [0.2, 0.25) is 0 Å². The van der Waals surface area contributed by atoms with Crippen molar-refractivity contribution in [1.82, 2.24) is 0 Å². The quantitative estimate of drug-likeness (QED) is 0.455. The Morgan fingerprint density at radius 1 is 1.42 bits per heavy atom. The SMILES string of the molecule is CCCCC(C(=O)OC)C(=O)c1cc(Cl)ccc1F. The van der Waals surface area contributed by atoms with Gasteiger partial charge in [0.05, 0.1) is 12.7 Å². The molecular formula is C14H16ClFO3. The van der Waals surface area contributed by atoms with Crippen LogP contribution in [0.3, 0.4) is 0 Å². The molecule has 0 spiro atoms. The second-order valence-corrected chi connectivity index (χ2v) is 4.64. The molecule has 0 radical (unpaired) electrons. The number of unbranched alkanes of at least 4 members (excludes halogenated alkanes) is 1.